The molecule has 0 aliphatic heterocycles. The van der Waals surface area contributed by atoms with Crippen molar-refractivity contribution in [2.75, 3.05) is 81.7 Å². The zero-order valence-electron chi connectivity index (χ0n) is 16.9. The van der Waals surface area contributed by atoms with Crippen molar-refractivity contribution in [3.05, 3.63) is 0 Å². The van der Waals surface area contributed by atoms with E-state index in [-0.39, 0.29) is 48.0 Å². The van der Waals surface area contributed by atoms with Crippen LogP contribution in [-0.2, 0) is 9.47 Å². The lowest BCUT2D eigenvalue weighted by Crippen LogP contribution is -3.00. The summed E-state index contributed by atoms with van der Waals surface area (Å²) in [7, 11) is 12.3. The van der Waals surface area contributed by atoms with Gasteiger partial charge in [0.1, 0.15) is 26.3 Å². The van der Waals surface area contributed by atoms with Crippen LogP contribution in [0.3, 0.4) is 0 Å². The zero-order valence-corrected chi connectivity index (χ0v) is 21.3. The molecule has 0 aromatic heterocycles. The average molecular weight is 602 g/mol. The molecule has 0 bridgehead atoms. The van der Waals surface area contributed by atoms with Crippen molar-refractivity contribution in [1.82, 2.24) is 10.6 Å². The number of unbranched alkanes of at least 4 members (excludes halogenated alkanes) is 1. The van der Waals surface area contributed by atoms with Gasteiger partial charge in [-0.15, -0.1) is 0 Å². The molecule has 0 aliphatic rings. The van der Waals surface area contributed by atoms with E-state index in [0.29, 0.717) is 26.3 Å². The van der Waals surface area contributed by atoms with Crippen LogP contribution in [0, 0.1) is 0 Å². The first-order valence-electron chi connectivity index (χ1n) is 8.42. The number of halogens is 2. The van der Waals surface area contributed by atoms with Crippen LogP contribution in [0.5, 0.6) is 0 Å². The molecule has 158 valence electrons. The topological polar surface area (TPSA) is 76.7 Å². The van der Waals surface area contributed by atoms with Crippen LogP contribution in [-0.4, -0.2) is 103 Å². The molecule has 8 nitrogen and oxygen atoms in total. The maximum atomic E-state index is 11.4. The Morgan fingerprint density at radius 1 is 0.692 bits per heavy atom. The van der Waals surface area contributed by atoms with Crippen molar-refractivity contribution in [1.29, 1.82) is 0 Å². The third kappa shape index (κ3) is 23.9. The molecule has 0 saturated heterocycles. The molecule has 0 fully saturated rings. The smallest absolute Gasteiger partial charge is 0.407 e. The van der Waals surface area contributed by atoms with Crippen molar-refractivity contribution in [2.45, 2.75) is 12.8 Å². The van der Waals surface area contributed by atoms with Crippen LogP contribution in [0.1, 0.15) is 12.8 Å². The fraction of sp³-hybridized carbons (Fsp3) is 0.875. The summed E-state index contributed by atoms with van der Waals surface area (Å²) < 4.78 is 11.7. The first-order chi connectivity index (χ1) is 11.0. The number of amides is 2. The first kappa shape index (κ1) is 30.6. The van der Waals surface area contributed by atoms with Crippen LogP contribution in [0.25, 0.3) is 0 Å². The van der Waals surface area contributed by atoms with Crippen molar-refractivity contribution in [2.24, 2.45) is 0 Å². The minimum Gasteiger partial charge on any atom is -1.00 e. The minimum absolute atomic E-state index is 0. The molecule has 0 heterocycles. The summed E-state index contributed by atoms with van der Waals surface area (Å²) in [6.07, 6.45) is 0.750. The number of quaternary nitrogens is 2. The average Bonchev–Trinajstić information content (AvgIpc) is 2.39. The van der Waals surface area contributed by atoms with Gasteiger partial charge in [0.05, 0.1) is 42.3 Å². The third-order valence-electron chi connectivity index (χ3n) is 3.13. The van der Waals surface area contributed by atoms with Crippen molar-refractivity contribution in [3.8, 4) is 0 Å². The minimum atomic E-state index is -0.392. The lowest BCUT2D eigenvalue weighted by Gasteiger charge is -2.23. The Hall–Kier alpha value is -0.0800. The van der Waals surface area contributed by atoms with Crippen LogP contribution < -0.4 is 58.6 Å². The molecular formula is C16H36I2N4O4. The standard InChI is InChI=1S/C16H34N4O4.2HI/c1-19(2,3)11-13-23-15(21)17-9-7-8-10-18-16(22)24-14-12-20(4,5)6;;/h7-14H2,1-6H3;2*1H. The van der Waals surface area contributed by atoms with Crippen molar-refractivity contribution >= 4 is 12.2 Å². The second kappa shape index (κ2) is 15.9. The van der Waals surface area contributed by atoms with Gasteiger partial charge in [-0.2, -0.15) is 0 Å². The Morgan fingerprint density at radius 2 is 1.00 bits per heavy atom. The Kier molecular flexibility index (Phi) is 18.8. The molecule has 0 aromatic carbocycles. The van der Waals surface area contributed by atoms with E-state index in [4.69, 9.17) is 9.47 Å². The van der Waals surface area contributed by atoms with Crippen LogP contribution in [0.4, 0.5) is 9.59 Å². The maximum absolute atomic E-state index is 11.4. The molecule has 2 amide bonds. The second-order valence-electron chi connectivity index (χ2n) is 7.86. The Morgan fingerprint density at radius 3 is 1.27 bits per heavy atom. The van der Waals surface area contributed by atoms with Crippen LogP contribution in [0.15, 0.2) is 0 Å². The van der Waals surface area contributed by atoms with E-state index in [1.54, 1.807) is 0 Å². The van der Waals surface area contributed by atoms with Gasteiger partial charge in [-0.25, -0.2) is 9.59 Å². The van der Waals surface area contributed by atoms with Gasteiger partial charge in [0.25, 0.3) is 0 Å². The molecule has 0 unspecified atom stereocenters. The van der Waals surface area contributed by atoms with Crippen molar-refractivity contribution < 1.29 is 76.0 Å². The maximum Gasteiger partial charge on any atom is 0.407 e. The molecule has 26 heavy (non-hydrogen) atoms. The summed E-state index contributed by atoms with van der Waals surface area (Å²) >= 11 is 0. The number of ether oxygens (including phenoxy) is 2. The van der Waals surface area contributed by atoms with E-state index >= 15 is 0 Å². The fourth-order valence-corrected chi connectivity index (χ4v) is 1.56. The molecule has 0 rings (SSSR count). The highest BCUT2D eigenvalue weighted by molar-refractivity contribution is 5.67. The lowest BCUT2D eigenvalue weighted by atomic mass is 10.3. The summed E-state index contributed by atoms with van der Waals surface area (Å²) in [5.74, 6) is 0. The van der Waals surface area contributed by atoms with Crippen LogP contribution in [0.2, 0.25) is 0 Å². The summed E-state index contributed by atoms with van der Waals surface area (Å²) in [5.41, 5.74) is 0. The summed E-state index contributed by atoms with van der Waals surface area (Å²) in [6, 6.07) is 0. The summed E-state index contributed by atoms with van der Waals surface area (Å²) in [6.45, 7) is 3.40. The lowest BCUT2D eigenvalue weighted by molar-refractivity contribution is -0.870. The van der Waals surface area contributed by atoms with E-state index in [9.17, 15) is 9.59 Å². The molecule has 0 saturated carbocycles. The number of hydrogen-bond donors (Lipinski definition) is 2. The number of nitrogens with zero attached hydrogens (tertiary/aromatic N) is 2. The molecule has 0 aliphatic carbocycles. The van der Waals surface area contributed by atoms with E-state index in [1.165, 1.54) is 0 Å². The SMILES string of the molecule is C[N+](C)(C)CCOC(=O)NCCCCNC(=O)OCC[N+](C)(C)C.[I-].[I-]. The first-order valence-corrected chi connectivity index (χ1v) is 8.42. The van der Waals surface area contributed by atoms with Gasteiger partial charge >= 0.3 is 12.2 Å². The molecule has 0 aromatic rings. The highest BCUT2D eigenvalue weighted by Gasteiger charge is 2.10. The Balaban J connectivity index is -0.00000264. The quantitative estimate of drug-likeness (QED) is 0.141. The second-order valence-corrected chi connectivity index (χ2v) is 7.86. The fourth-order valence-electron chi connectivity index (χ4n) is 1.56. The molecule has 0 atom stereocenters. The van der Waals surface area contributed by atoms with E-state index in [0.717, 1.165) is 34.9 Å². The number of carbonyl (C=O) groups is 2. The van der Waals surface area contributed by atoms with E-state index in [1.807, 2.05) is 42.3 Å². The number of nitrogens with one attached hydrogen (secondary N) is 2. The van der Waals surface area contributed by atoms with Crippen LogP contribution >= 0.6 is 0 Å². The molecule has 0 radical (unpaired) electrons. The molecular weight excluding hydrogens is 566 g/mol. The molecule has 0 spiro atoms. The largest absolute Gasteiger partial charge is 1.00 e. The summed E-state index contributed by atoms with van der Waals surface area (Å²) in [4.78, 5) is 22.9. The van der Waals surface area contributed by atoms with Gasteiger partial charge in [-0.1, -0.05) is 0 Å². The number of hydrogen-bond acceptors (Lipinski definition) is 4. The number of alkyl carbamates (subject to hydrolysis) is 2. The number of carbonyl (C=O) groups excluding carboxylic acids is 2. The van der Waals surface area contributed by atoms with Gasteiger partial charge in [0, 0.05) is 13.1 Å². The monoisotopic (exact) mass is 602 g/mol. The van der Waals surface area contributed by atoms with Crippen molar-refractivity contribution in [3.63, 3.8) is 0 Å². The van der Waals surface area contributed by atoms with Gasteiger partial charge < -0.3 is 77.0 Å². The molecule has 10 heteroatoms. The third-order valence-corrected chi connectivity index (χ3v) is 3.13. The normalized spacial score (nSPS) is 10.8. The molecule has 2 N–H and O–H groups in total. The van der Waals surface area contributed by atoms with E-state index < -0.39 is 12.2 Å². The summed E-state index contributed by atoms with van der Waals surface area (Å²) in [5, 5.41) is 5.39. The number of likely N-dealkylation sites (N-methyl/N-ethyl adjacent to an activating group) is 2. The van der Waals surface area contributed by atoms with Gasteiger partial charge in [-0.3, -0.25) is 0 Å². The zero-order chi connectivity index (χ0) is 18.6. The predicted octanol–water partition coefficient (Wildman–Crippen LogP) is -5.36. The Labute approximate surface area is 192 Å². The van der Waals surface area contributed by atoms with Gasteiger partial charge in [0.2, 0.25) is 0 Å². The van der Waals surface area contributed by atoms with Gasteiger partial charge in [0.15, 0.2) is 0 Å². The van der Waals surface area contributed by atoms with E-state index in [2.05, 4.69) is 10.6 Å². The highest BCUT2D eigenvalue weighted by Crippen LogP contribution is 1.92. The predicted molar refractivity (Wildman–Crippen MR) is 93.7 cm³/mol. The Bertz CT molecular complexity index is 349. The highest BCUT2D eigenvalue weighted by atomic mass is 127. The number of rotatable bonds is 11. The van der Waals surface area contributed by atoms with Gasteiger partial charge in [-0.05, 0) is 12.8 Å².